The van der Waals surface area contributed by atoms with Crippen LogP contribution in [0.25, 0.3) is 0 Å². The molecule has 0 aliphatic heterocycles. The number of ketones is 1. The third kappa shape index (κ3) is 4.22. The van der Waals surface area contributed by atoms with Crippen molar-refractivity contribution in [3.05, 3.63) is 70.8 Å². The quantitative estimate of drug-likeness (QED) is 0.676. The summed E-state index contributed by atoms with van der Waals surface area (Å²) in [4.78, 5) is 24.1. The van der Waals surface area contributed by atoms with Gasteiger partial charge in [-0.15, -0.1) is 0 Å². The maximum absolute atomic E-state index is 12.7. The molecule has 0 aliphatic carbocycles. The lowest BCUT2D eigenvalue weighted by atomic mass is 10.0. The SMILES string of the molecule is Cc1ccc(C(=O)C(=O)NC(C)c2cccc(C(F)(F)F)c2)cc1. The molecule has 1 N–H and O–H groups in total. The van der Waals surface area contributed by atoms with Gasteiger partial charge >= 0.3 is 6.18 Å². The molecule has 2 aromatic rings. The molecule has 0 heterocycles. The predicted octanol–water partition coefficient (Wildman–Crippen LogP) is 4.07. The van der Waals surface area contributed by atoms with Crippen LogP contribution in [-0.4, -0.2) is 11.7 Å². The second-order valence-corrected chi connectivity index (χ2v) is 5.51. The number of Topliss-reactive ketones (excluding diaryl/α,β-unsaturated/α-hetero) is 1. The number of benzene rings is 2. The lowest BCUT2D eigenvalue weighted by molar-refractivity contribution is -0.137. The number of carbonyl (C=O) groups excluding carboxylic acids is 2. The van der Waals surface area contributed by atoms with Crippen LogP contribution in [0.3, 0.4) is 0 Å². The molecule has 0 spiro atoms. The van der Waals surface area contributed by atoms with Crippen LogP contribution in [0.1, 0.15) is 40.0 Å². The Balaban J connectivity index is 2.11. The number of halogens is 3. The number of hydrogen-bond donors (Lipinski definition) is 1. The van der Waals surface area contributed by atoms with Gasteiger partial charge in [0.15, 0.2) is 0 Å². The van der Waals surface area contributed by atoms with Gasteiger partial charge in [0.2, 0.25) is 5.78 Å². The molecule has 1 unspecified atom stereocenters. The van der Waals surface area contributed by atoms with E-state index in [1.165, 1.54) is 31.2 Å². The summed E-state index contributed by atoms with van der Waals surface area (Å²) < 4.78 is 38.2. The van der Waals surface area contributed by atoms with E-state index in [0.717, 1.165) is 17.7 Å². The third-order valence-corrected chi connectivity index (χ3v) is 3.58. The van der Waals surface area contributed by atoms with Gasteiger partial charge in [-0.05, 0) is 31.5 Å². The fourth-order valence-corrected chi connectivity index (χ4v) is 2.17. The van der Waals surface area contributed by atoms with Gasteiger partial charge < -0.3 is 5.32 Å². The standard InChI is InChI=1S/C18H16F3NO2/c1-11-6-8-13(9-7-11)16(23)17(24)22-12(2)14-4-3-5-15(10-14)18(19,20)21/h3-10,12H,1-2H3,(H,22,24). The van der Waals surface area contributed by atoms with Crippen molar-refractivity contribution in [1.29, 1.82) is 0 Å². The van der Waals surface area contributed by atoms with Crippen molar-refractivity contribution in [2.75, 3.05) is 0 Å². The second-order valence-electron chi connectivity index (χ2n) is 5.51. The van der Waals surface area contributed by atoms with Crippen molar-refractivity contribution >= 4 is 11.7 Å². The molecule has 2 rings (SSSR count). The van der Waals surface area contributed by atoms with Crippen molar-refractivity contribution in [2.24, 2.45) is 0 Å². The van der Waals surface area contributed by atoms with Crippen molar-refractivity contribution in [3.8, 4) is 0 Å². The number of aryl methyl sites for hydroxylation is 1. The van der Waals surface area contributed by atoms with Crippen molar-refractivity contribution < 1.29 is 22.8 Å². The molecule has 1 atom stereocenters. The lowest BCUT2D eigenvalue weighted by Gasteiger charge is -2.16. The Kier molecular flexibility index (Phi) is 5.07. The van der Waals surface area contributed by atoms with Crippen LogP contribution in [0.5, 0.6) is 0 Å². The number of hydrogen-bond acceptors (Lipinski definition) is 2. The lowest BCUT2D eigenvalue weighted by Crippen LogP contribution is -2.33. The molecule has 0 aliphatic rings. The first-order valence-corrected chi connectivity index (χ1v) is 7.27. The van der Waals surface area contributed by atoms with E-state index in [0.29, 0.717) is 0 Å². The van der Waals surface area contributed by atoms with Gasteiger partial charge in [-0.3, -0.25) is 9.59 Å². The number of alkyl halides is 3. The van der Waals surface area contributed by atoms with Gasteiger partial charge in [0.1, 0.15) is 0 Å². The van der Waals surface area contributed by atoms with Crippen LogP contribution >= 0.6 is 0 Å². The minimum absolute atomic E-state index is 0.231. The van der Waals surface area contributed by atoms with Crippen molar-refractivity contribution in [2.45, 2.75) is 26.1 Å². The van der Waals surface area contributed by atoms with Crippen LogP contribution in [0, 0.1) is 6.92 Å². The van der Waals surface area contributed by atoms with Gasteiger partial charge in [0.25, 0.3) is 5.91 Å². The monoisotopic (exact) mass is 335 g/mol. The number of rotatable bonds is 4. The summed E-state index contributed by atoms with van der Waals surface area (Å²) in [6.45, 7) is 3.37. The Morgan fingerprint density at radius 1 is 1.04 bits per heavy atom. The fraction of sp³-hybridized carbons (Fsp3) is 0.222. The molecule has 0 saturated heterocycles. The topological polar surface area (TPSA) is 46.2 Å². The summed E-state index contributed by atoms with van der Waals surface area (Å²) in [6, 6.07) is 10.4. The molecule has 2 aromatic carbocycles. The van der Waals surface area contributed by atoms with E-state index in [-0.39, 0.29) is 11.1 Å². The van der Waals surface area contributed by atoms with Crippen LogP contribution in [-0.2, 0) is 11.0 Å². The molecule has 3 nitrogen and oxygen atoms in total. The minimum atomic E-state index is -4.46. The molecule has 24 heavy (non-hydrogen) atoms. The fourth-order valence-electron chi connectivity index (χ4n) is 2.17. The Labute approximate surface area is 137 Å². The highest BCUT2D eigenvalue weighted by molar-refractivity contribution is 6.42. The molecule has 0 fully saturated rings. The summed E-state index contributed by atoms with van der Waals surface area (Å²) in [5.41, 5.74) is 0.652. The zero-order valence-corrected chi connectivity index (χ0v) is 13.1. The smallest absolute Gasteiger partial charge is 0.343 e. The Morgan fingerprint density at radius 2 is 1.67 bits per heavy atom. The molecule has 1 amide bonds. The Morgan fingerprint density at radius 3 is 2.25 bits per heavy atom. The van der Waals surface area contributed by atoms with Crippen molar-refractivity contribution in [1.82, 2.24) is 5.32 Å². The molecule has 6 heteroatoms. The van der Waals surface area contributed by atoms with Gasteiger partial charge in [-0.25, -0.2) is 0 Å². The van der Waals surface area contributed by atoms with Crippen LogP contribution < -0.4 is 5.32 Å². The van der Waals surface area contributed by atoms with E-state index in [1.54, 1.807) is 12.1 Å². The molecule has 0 bridgehead atoms. The zero-order chi connectivity index (χ0) is 17.9. The van der Waals surface area contributed by atoms with Crippen LogP contribution in [0.2, 0.25) is 0 Å². The highest BCUT2D eigenvalue weighted by Gasteiger charge is 2.31. The molecular weight excluding hydrogens is 319 g/mol. The van der Waals surface area contributed by atoms with Gasteiger partial charge in [-0.2, -0.15) is 13.2 Å². The average Bonchev–Trinajstić information content (AvgIpc) is 2.54. The summed E-state index contributed by atoms with van der Waals surface area (Å²) in [7, 11) is 0. The zero-order valence-electron chi connectivity index (χ0n) is 13.1. The van der Waals surface area contributed by atoms with E-state index in [9.17, 15) is 22.8 Å². The highest BCUT2D eigenvalue weighted by atomic mass is 19.4. The van der Waals surface area contributed by atoms with E-state index in [1.807, 2.05) is 6.92 Å². The first-order valence-electron chi connectivity index (χ1n) is 7.27. The number of nitrogens with one attached hydrogen (secondary N) is 1. The predicted molar refractivity (Wildman–Crippen MR) is 83.5 cm³/mol. The Hall–Kier alpha value is -2.63. The normalized spacial score (nSPS) is 12.5. The highest BCUT2D eigenvalue weighted by Crippen LogP contribution is 2.30. The van der Waals surface area contributed by atoms with E-state index >= 15 is 0 Å². The summed E-state index contributed by atoms with van der Waals surface area (Å²) in [5.74, 6) is -1.59. The van der Waals surface area contributed by atoms with Gasteiger partial charge in [0.05, 0.1) is 11.6 Å². The third-order valence-electron chi connectivity index (χ3n) is 3.58. The van der Waals surface area contributed by atoms with Crippen molar-refractivity contribution in [3.63, 3.8) is 0 Å². The molecule has 126 valence electrons. The molecule has 0 aromatic heterocycles. The minimum Gasteiger partial charge on any atom is -0.343 e. The summed E-state index contributed by atoms with van der Waals surface area (Å²) in [5, 5.41) is 2.43. The average molecular weight is 335 g/mol. The number of carbonyl (C=O) groups is 2. The van der Waals surface area contributed by atoms with E-state index in [2.05, 4.69) is 5.32 Å². The van der Waals surface area contributed by atoms with E-state index < -0.39 is 29.5 Å². The largest absolute Gasteiger partial charge is 0.416 e. The van der Waals surface area contributed by atoms with Gasteiger partial charge in [0, 0.05) is 5.56 Å². The second kappa shape index (κ2) is 6.86. The van der Waals surface area contributed by atoms with Crippen LogP contribution in [0.4, 0.5) is 13.2 Å². The maximum Gasteiger partial charge on any atom is 0.416 e. The van der Waals surface area contributed by atoms with Gasteiger partial charge in [-0.1, -0.05) is 42.0 Å². The first kappa shape index (κ1) is 17.7. The molecule has 0 saturated carbocycles. The summed E-state index contributed by atoms with van der Waals surface area (Å²) >= 11 is 0. The molecule has 0 radical (unpaired) electrons. The van der Waals surface area contributed by atoms with E-state index in [4.69, 9.17) is 0 Å². The van der Waals surface area contributed by atoms with Crippen LogP contribution in [0.15, 0.2) is 48.5 Å². The molecular formula is C18H16F3NO2. The summed E-state index contributed by atoms with van der Waals surface area (Å²) in [6.07, 6.45) is -4.46. The number of amides is 1. The maximum atomic E-state index is 12.7. The first-order chi connectivity index (χ1) is 11.2. The Bertz CT molecular complexity index is 752.